The Morgan fingerprint density at radius 1 is 1.19 bits per heavy atom. The van der Waals surface area contributed by atoms with Crippen LogP contribution in [0.15, 0.2) is 24.3 Å². The van der Waals surface area contributed by atoms with Crippen LogP contribution in [-0.4, -0.2) is 23.5 Å². The highest BCUT2D eigenvalue weighted by molar-refractivity contribution is 5.87. The molecule has 4 atom stereocenters. The number of para-hydroxylation sites is 1. The number of fused-ring (bicyclic) bond motifs is 4. The van der Waals surface area contributed by atoms with Crippen molar-refractivity contribution in [2.45, 2.75) is 37.8 Å². The van der Waals surface area contributed by atoms with E-state index in [1.54, 1.807) is 0 Å². The van der Waals surface area contributed by atoms with Crippen LogP contribution in [-0.2, 0) is 4.79 Å². The van der Waals surface area contributed by atoms with Crippen molar-refractivity contribution in [3.63, 3.8) is 0 Å². The highest BCUT2D eigenvalue weighted by Gasteiger charge is 2.75. The summed E-state index contributed by atoms with van der Waals surface area (Å²) in [6, 6.07) is 8.53. The van der Waals surface area contributed by atoms with Crippen LogP contribution < -0.4 is 4.74 Å². The van der Waals surface area contributed by atoms with E-state index in [4.69, 9.17) is 4.74 Å². The normalized spacial score (nSPS) is 47.2. The summed E-state index contributed by atoms with van der Waals surface area (Å²) in [6.07, 6.45) is 4.93. The number of benzene rings is 1. The van der Waals surface area contributed by atoms with E-state index in [1.165, 1.54) is 24.8 Å². The van der Waals surface area contributed by atoms with Gasteiger partial charge in [-0.1, -0.05) is 18.2 Å². The van der Waals surface area contributed by atoms with Gasteiger partial charge in [-0.25, -0.2) is 0 Å². The van der Waals surface area contributed by atoms with Crippen molar-refractivity contribution in [1.29, 1.82) is 0 Å². The number of nitrogens with zero attached hydrogens (tertiary/aromatic N) is 1. The van der Waals surface area contributed by atoms with E-state index in [9.17, 15) is 4.79 Å². The van der Waals surface area contributed by atoms with E-state index >= 15 is 0 Å². The molecule has 4 fully saturated rings. The number of amides is 1. The van der Waals surface area contributed by atoms with E-state index in [1.807, 2.05) is 12.1 Å². The summed E-state index contributed by atoms with van der Waals surface area (Å²) in [7, 11) is 0. The first kappa shape index (κ1) is 11.1. The van der Waals surface area contributed by atoms with Gasteiger partial charge in [0.05, 0.1) is 18.0 Å². The van der Waals surface area contributed by atoms with Crippen molar-refractivity contribution >= 4 is 5.91 Å². The van der Waals surface area contributed by atoms with Crippen LogP contribution in [0.2, 0.25) is 0 Å². The Morgan fingerprint density at radius 3 is 2.76 bits per heavy atom. The predicted molar refractivity (Wildman–Crippen MR) is 76.7 cm³/mol. The van der Waals surface area contributed by atoms with Crippen molar-refractivity contribution in [1.82, 2.24) is 4.90 Å². The molecule has 1 aromatic rings. The van der Waals surface area contributed by atoms with Crippen molar-refractivity contribution in [3.05, 3.63) is 29.8 Å². The molecule has 0 aromatic heterocycles. The lowest BCUT2D eigenvalue weighted by atomic mass is 9.29. The lowest BCUT2D eigenvalue weighted by molar-refractivity contribution is -0.264. The van der Waals surface area contributed by atoms with Crippen LogP contribution in [0.3, 0.4) is 0 Å². The molecule has 6 rings (SSSR count). The second-order valence-electron chi connectivity index (χ2n) is 7.83. The third-order valence-corrected chi connectivity index (χ3v) is 7.03. The van der Waals surface area contributed by atoms with E-state index in [-0.39, 0.29) is 17.6 Å². The fraction of sp³-hybridized carbons (Fsp3) is 0.611. The maximum atomic E-state index is 13.2. The first-order chi connectivity index (χ1) is 10.3. The predicted octanol–water partition coefficient (Wildman–Crippen LogP) is 2.77. The van der Waals surface area contributed by atoms with E-state index in [0.29, 0.717) is 5.91 Å². The monoisotopic (exact) mass is 281 g/mol. The van der Waals surface area contributed by atoms with Crippen LogP contribution in [0, 0.1) is 23.2 Å². The molecule has 1 aromatic carbocycles. The molecule has 1 amide bonds. The molecule has 21 heavy (non-hydrogen) atoms. The molecule has 2 heterocycles. The van der Waals surface area contributed by atoms with Gasteiger partial charge in [-0.2, -0.15) is 0 Å². The van der Waals surface area contributed by atoms with Gasteiger partial charge >= 0.3 is 0 Å². The molecule has 108 valence electrons. The Hall–Kier alpha value is -1.51. The van der Waals surface area contributed by atoms with Crippen LogP contribution in [0.25, 0.3) is 0 Å². The van der Waals surface area contributed by atoms with E-state index < -0.39 is 0 Å². The molecular weight excluding hydrogens is 262 g/mol. The molecule has 3 heteroatoms. The summed E-state index contributed by atoms with van der Waals surface area (Å²) in [6.45, 7) is 0.794. The Labute approximate surface area is 124 Å². The average molecular weight is 281 g/mol. The Bertz CT molecular complexity index is 657. The summed E-state index contributed by atoms with van der Waals surface area (Å²) in [5.41, 5.74) is 1.27. The van der Waals surface area contributed by atoms with Crippen LogP contribution in [0.4, 0.5) is 0 Å². The van der Waals surface area contributed by atoms with Gasteiger partial charge in [0.2, 0.25) is 5.91 Å². The Balaban J connectivity index is 1.36. The van der Waals surface area contributed by atoms with Crippen LogP contribution in [0.1, 0.15) is 37.3 Å². The number of carbonyl (C=O) groups is 1. The Morgan fingerprint density at radius 2 is 2.00 bits per heavy atom. The molecule has 0 radical (unpaired) electrons. The minimum Gasteiger partial charge on any atom is -0.488 e. The molecular formula is C18H19NO2. The lowest BCUT2D eigenvalue weighted by Gasteiger charge is -2.75. The molecule has 3 nitrogen and oxygen atoms in total. The number of carbonyl (C=O) groups excluding carboxylic acids is 1. The highest BCUT2D eigenvalue weighted by Crippen LogP contribution is 2.77. The molecule has 3 saturated carbocycles. The summed E-state index contributed by atoms with van der Waals surface area (Å²) >= 11 is 0. The quantitative estimate of drug-likeness (QED) is 0.792. The molecule has 3 aliphatic carbocycles. The maximum Gasteiger partial charge on any atom is 0.229 e. The molecule has 2 bridgehead atoms. The topological polar surface area (TPSA) is 29.5 Å². The van der Waals surface area contributed by atoms with Crippen LogP contribution in [0.5, 0.6) is 5.75 Å². The number of ether oxygens (including phenoxy) is 1. The third kappa shape index (κ3) is 1.10. The molecule has 2 unspecified atom stereocenters. The van der Waals surface area contributed by atoms with E-state index in [0.717, 1.165) is 36.5 Å². The van der Waals surface area contributed by atoms with E-state index in [2.05, 4.69) is 17.0 Å². The standard InChI is InChI=1S/C18H19NO2/c20-17(18-7-10-5-11(8-18)16(10)18)19-9-12-6-14(19)13-3-1-2-4-15(13)21-12/h1-4,10-12,14,16H,5-9H2/t10?,11?,12-,14-,16?,18?/m0/s1. The largest absolute Gasteiger partial charge is 0.488 e. The minimum absolute atomic E-state index is 0.0556. The maximum absolute atomic E-state index is 13.2. The number of hydrogen-bond acceptors (Lipinski definition) is 2. The summed E-state index contributed by atoms with van der Waals surface area (Å²) in [5.74, 6) is 3.97. The second kappa shape index (κ2) is 3.29. The zero-order valence-electron chi connectivity index (χ0n) is 12.0. The SMILES string of the molecule is O=C(N1C[C@@H]2C[C@H]1c1ccccc1O2)C12CC3CC(C1)C32. The summed E-state index contributed by atoms with van der Waals surface area (Å²) in [5, 5.41) is 0. The van der Waals surface area contributed by atoms with Crippen molar-refractivity contribution in [3.8, 4) is 5.75 Å². The van der Waals surface area contributed by atoms with Crippen molar-refractivity contribution in [2.75, 3.05) is 6.54 Å². The smallest absolute Gasteiger partial charge is 0.229 e. The molecule has 0 spiro atoms. The molecule has 5 aliphatic rings. The fourth-order valence-electron chi connectivity index (χ4n) is 6.21. The third-order valence-electron chi connectivity index (χ3n) is 7.03. The first-order valence-electron chi connectivity index (χ1n) is 8.33. The molecule has 1 saturated heterocycles. The van der Waals surface area contributed by atoms with Gasteiger partial charge in [0.1, 0.15) is 11.9 Å². The zero-order valence-corrected chi connectivity index (χ0v) is 12.0. The number of likely N-dealkylation sites (tertiary alicyclic amines) is 1. The molecule has 2 aliphatic heterocycles. The van der Waals surface area contributed by atoms with Gasteiger partial charge in [0.25, 0.3) is 0 Å². The number of rotatable bonds is 1. The van der Waals surface area contributed by atoms with Gasteiger partial charge in [0.15, 0.2) is 0 Å². The van der Waals surface area contributed by atoms with Gasteiger partial charge in [-0.3, -0.25) is 4.79 Å². The lowest BCUT2D eigenvalue weighted by Crippen LogP contribution is -2.73. The zero-order chi connectivity index (χ0) is 13.8. The minimum atomic E-state index is 0.0556. The van der Waals surface area contributed by atoms with Gasteiger partial charge in [-0.05, 0) is 43.1 Å². The van der Waals surface area contributed by atoms with Crippen LogP contribution >= 0.6 is 0 Å². The first-order valence-corrected chi connectivity index (χ1v) is 8.33. The van der Waals surface area contributed by atoms with Gasteiger partial charge < -0.3 is 9.64 Å². The number of hydrogen-bond donors (Lipinski definition) is 0. The molecule has 0 N–H and O–H groups in total. The fourth-order valence-corrected chi connectivity index (χ4v) is 6.21. The van der Waals surface area contributed by atoms with Gasteiger partial charge in [0, 0.05) is 12.0 Å². The second-order valence-corrected chi connectivity index (χ2v) is 7.83. The highest BCUT2D eigenvalue weighted by atomic mass is 16.5. The average Bonchev–Trinajstić information content (AvgIpc) is 2.84. The van der Waals surface area contributed by atoms with Crippen molar-refractivity contribution in [2.24, 2.45) is 23.2 Å². The summed E-state index contributed by atoms with van der Waals surface area (Å²) < 4.78 is 6.05. The van der Waals surface area contributed by atoms with Crippen molar-refractivity contribution < 1.29 is 9.53 Å². The summed E-state index contributed by atoms with van der Waals surface area (Å²) in [4.78, 5) is 15.4. The Kier molecular flexibility index (Phi) is 1.74. The van der Waals surface area contributed by atoms with Gasteiger partial charge in [-0.15, -0.1) is 0 Å².